The minimum Gasteiger partial charge on any atom is -0.493 e. The second-order valence-electron chi connectivity index (χ2n) is 7.38. The van der Waals surface area contributed by atoms with Crippen molar-refractivity contribution in [1.29, 1.82) is 0 Å². The number of methoxy groups -OCH3 is 2. The fourth-order valence-corrected chi connectivity index (χ4v) is 5.17. The molecule has 0 heterocycles. The zero-order chi connectivity index (χ0) is 23.8. The first-order chi connectivity index (χ1) is 15.8. The molecule has 0 spiro atoms. The van der Waals surface area contributed by atoms with E-state index in [1.54, 1.807) is 0 Å². The van der Waals surface area contributed by atoms with Crippen molar-refractivity contribution in [3.63, 3.8) is 0 Å². The summed E-state index contributed by atoms with van der Waals surface area (Å²) in [4.78, 5) is 11.4. The van der Waals surface area contributed by atoms with E-state index in [2.05, 4.69) is 0 Å². The molecule has 0 amide bonds. The van der Waals surface area contributed by atoms with Crippen LogP contribution < -0.4 is 14.2 Å². The molecule has 174 valence electrons. The normalized spacial score (nSPS) is 12.1. The van der Waals surface area contributed by atoms with E-state index in [0.29, 0.717) is 23.7 Å². The fraction of sp³-hybridized carbons (Fsp3) is 0.240. The molecule has 8 heteroatoms. The van der Waals surface area contributed by atoms with E-state index in [-0.39, 0.29) is 17.1 Å². The Morgan fingerprint density at radius 2 is 1.58 bits per heavy atom. The summed E-state index contributed by atoms with van der Waals surface area (Å²) in [6.45, 7) is 0. The Kier molecular flexibility index (Phi) is 7.95. The van der Waals surface area contributed by atoms with Gasteiger partial charge < -0.3 is 19.3 Å². The lowest BCUT2D eigenvalue weighted by Gasteiger charge is -2.17. The molecule has 0 aromatic heterocycles. The monoisotopic (exact) mass is 470 g/mol. The number of carboxylic acid groups (broad SMARTS) is 1. The average Bonchev–Trinajstić information content (AvgIpc) is 2.81. The first-order valence-electron chi connectivity index (χ1n) is 10.3. The summed E-state index contributed by atoms with van der Waals surface area (Å²) in [5.74, 6) is 0.788. The third kappa shape index (κ3) is 6.26. The Labute approximate surface area is 193 Å². The smallest absolute Gasteiger partial charge is 0.304 e. The second-order valence-corrected chi connectivity index (χ2v) is 9.61. The van der Waals surface area contributed by atoms with Gasteiger partial charge in [0.15, 0.2) is 21.3 Å². The standard InChI is InChI=1S/C25H26O7S/c1-30-23-14-13-21(16-24(23)31-2)33(28,29)22(17-25(26)27)12-11-18-7-6-10-20(15-18)32-19-8-4-3-5-9-19/h3-10,13-16,22H,11-12,17H2,1-2H3,(H,26,27). The molecule has 0 radical (unpaired) electrons. The Morgan fingerprint density at radius 3 is 2.24 bits per heavy atom. The quantitative estimate of drug-likeness (QED) is 0.432. The van der Waals surface area contributed by atoms with E-state index in [9.17, 15) is 18.3 Å². The van der Waals surface area contributed by atoms with Crippen LogP contribution in [0, 0.1) is 0 Å². The second kappa shape index (κ2) is 10.9. The molecule has 0 aliphatic rings. The van der Waals surface area contributed by atoms with Gasteiger partial charge in [0, 0.05) is 6.07 Å². The van der Waals surface area contributed by atoms with Crippen molar-refractivity contribution in [3.8, 4) is 23.0 Å². The van der Waals surface area contributed by atoms with E-state index < -0.39 is 27.5 Å². The van der Waals surface area contributed by atoms with Gasteiger partial charge in [0.25, 0.3) is 0 Å². The molecule has 1 N–H and O–H groups in total. The number of aryl methyl sites for hydroxylation is 1. The molecule has 0 aliphatic heterocycles. The molecule has 1 unspecified atom stereocenters. The highest BCUT2D eigenvalue weighted by molar-refractivity contribution is 7.92. The largest absolute Gasteiger partial charge is 0.493 e. The molecule has 33 heavy (non-hydrogen) atoms. The maximum atomic E-state index is 13.3. The minimum atomic E-state index is -3.93. The molecule has 3 aromatic rings. The predicted molar refractivity (Wildman–Crippen MR) is 124 cm³/mol. The van der Waals surface area contributed by atoms with E-state index in [1.165, 1.54) is 32.4 Å². The van der Waals surface area contributed by atoms with Crippen LogP contribution in [0.4, 0.5) is 0 Å². The van der Waals surface area contributed by atoms with Crippen LogP contribution in [-0.2, 0) is 21.1 Å². The fourth-order valence-electron chi connectivity index (χ4n) is 3.46. The van der Waals surface area contributed by atoms with Crippen LogP contribution in [0.5, 0.6) is 23.0 Å². The topological polar surface area (TPSA) is 99.1 Å². The lowest BCUT2D eigenvalue weighted by Crippen LogP contribution is -2.25. The first-order valence-corrected chi connectivity index (χ1v) is 11.9. The molecule has 0 saturated heterocycles. The van der Waals surface area contributed by atoms with Gasteiger partial charge in [-0.2, -0.15) is 0 Å². The van der Waals surface area contributed by atoms with Crippen molar-refractivity contribution in [3.05, 3.63) is 78.4 Å². The summed E-state index contributed by atoms with van der Waals surface area (Å²) >= 11 is 0. The van der Waals surface area contributed by atoms with Gasteiger partial charge in [-0.05, 0) is 54.8 Å². The predicted octanol–water partition coefficient (Wildman–Crippen LogP) is 4.75. The van der Waals surface area contributed by atoms with Crippen LogP contribution in [-0.4, -0.2) is 39.0 Å². The van der Waals surface area contributed by atoms with Crippen LogP contribution in [0.25, 0.3) is 0 Å². The van der Waals surface area contributed by atoms with Gasteiger partial charge in [0.1, 0.15) is 11.5 Å². The van der Waals surface area contributed by atoms with E-state index >= 15 is 0 Å². The number of carboxylic acids is 1. The Morgan fingerprint density at radius 1 is 0.879 bits per heavy atom. The van der Waals surface area contributed by atoms with Crippen molar-refractivity contribution < 1.29 is 32.5 Å². The number of benzene rings is 3. The molecular weight excluding hydrogens is 444 g/mol. The highest BCUT2D eigenvalue weighted by Gasteiger charge is 2.30. The molecule has 1 atom stereocenters. The number of hydrogen-bond acceptors (Lipinski definition) is 6. The summed E-state index contributed by atoms with van der Waals surface area (Å²) in [6, 6.07) is 20.9. The molecule has 0 saturated carbocycles. The third-order valence-corrected chi connectivity index (χ3v) is 7.35. The summed E-state index contributed by atoms with van der Waals surface area (Å²) < 4.78 is 42.8. The van der Waals surface area contributed by atoms with Gasteiger partial charge in [-0.1, -0.05) is 30.3 Å². The Balaban J connectivity index is 1.80. The van der Waals surface area contributed by atoms with Gasteiger partial charge >= 0.3 is 5.97 Å². The van der Waals surface area contributed by atoms with Crippen LogP contribution in [0.1, 0.15) is 18.4 Å². The summed E-state index contributed by atoms with van der Waals surface area (Å²) in [5, 5.41) is 8.25. The lowest BCUT2D eigenvalue weighted by atomic mass is 10.1. The molecule has 0 fully saturated rings. The van der Waals surface area contributed by atoms with Gasteiger partial charge in [-0.15, -0.1) is 0 Å². The first kappa shape index (κ1) is 24.1. The number of para-hydroxylation sites is 1. The van der Waals surface area contributed by atoms with Gasteiger partial charge in [0.05, 0.1) is 30.8 Å². The average molecular weight is 471 g/mol. The summed E-state index contributed by atoms with van der Waals surface area (Å²) in [7, 11) is -1.07. The van der Waals surface area contributed by atoms with Crippen molar-refractivity contribution in [1.82, 2.24) is 0 Å². The maximum Gasteiger partial charge on any atom is 0.304 e. The number of sulfone groups is 1. The summed E-state index contributed by atoms with van der Waals surface area (Å²) in [5.41, 5.74) is 0.848. The molecule has 0 aliphatic carbocycles. The number of aliphatic carboxylic acids is 1. The molecule has 3 aromatic carbocycles. The highest BCUT2D eigenvalue weighted by atomic mass is 32.2. The van der Waals surface area contributed by atoms with Gasteiger partial charge in [-0.3, -0.25) is 4.79 Å². The van der Waals surface area contributed by atoms with Crippen molar-refractivity contribution >= 4 is 15.8 Å². The molecular formula is C25H26O7S. The van der Waals surface area contributed by atoms with Gasteiger partial charge in [0.2, 0.25) is 0 Å². The number of hydrogen-bond donors (Lipinski definition) is 1. The van der Waals surface area contributed by atoms with Crippen LogP contribution in [0.2, 0.25) is 0 Å². The van der Waals surface area contributed by atoms with E-state index in [4.69, 9.17) is 14.2 Å². The lowest BCUT2D eigenvalue weighted by molar-refractivity contribution is -0.137. The SMILES string of the molecule is COc1ccc(S(=O)(=O)C(CCc2cccc(Oc3ccccc3)c2)CC(=O)O)cc1OC. The van der Waals surface area contributed by atoms with Crippen molar-refractivity contribution in [2.75, 3.05) is 14.2 Å². The maximum absolute atomic E-state index is 13.3. The third-order valence-electron chi connectivity index (χ3n) is 5.16. The Bertz CT molecular complexity index is 1190. The van der Waals surface area contributed by atoms with E-state index in [1.807, 2.05) is 54.6 Å². The number of ether oxygens (including phenoxy) is 3. The highest BCUT2D eigenvalue weighted by Crippen LogP contribution is 2.32. The summed E-state index contributed by atoms with van der Waals surface area (Å²) in [6.07, 6.45) is 0.00507. The zero-order valence-corrected chi connectivity index (χ0v) is 19.2. The van der Waals surface area contributed by atoms with Gasteiger partial charge in [-0.25, -0.2) is 8.42 Å². The van der Waals surface area contributed by atoms with Crippen molar-refractivity contribution in [2.24, 2.45) is 0 Å². The van der Waals surface area contributed by atoms with E-state index in [0.717, 1.165) is 5.56 Å². The van der Waals surface area contributed by atoms with Crippen LogP contribution in [0.15, 0.2) is 77.7 Å². The number of rotatable bonds is 11. The molecule has 3 rings (SSSR count). The molecule has 7 nitrogen and oxygen atoms in total. The van der Waals surface area contributed by atoms with Crippen molar-refractivity contribution in [2.45, 2.75) is 29.4 Å². The number of carbonyl (C=O) groups is 1. The zero-order valence-electron chi connectivity index (χ0n) is 18.4. The van der Waals surface area contributed by atoms with Crippen LogP contribution >= 0.6 is 0 Å². The minimum absolute atomic E-state index is 0.00689. The van der Waals surface area contributed by atoms with Crippen LogP contribution in [0.3, 0.4) is 0 Å². The Hall–Kier alpha value is -3.52. The molecule has 0 bridgehead atoms.